The van der Waals surface area contributed by atoms with Gasteiger partial charge in [0, 0.05) is 12.8 Å². The van der Waals surface area contributed by atoms with E-state index in [9.17, 15) is 9.59 Å². The molecule has 0 aromatic carbocycles. The lowest BCUT2D eigenvalue weighted by Gasteiger charge is -2.23. The summed E-state index contributed by atoms with van der Waals surface area (Å²) >= 11 is 0. The molecule has 0 spiro atoms. The second-order valence-electron chi connectivity index (χ2n) is 6.86. The van der Waals surface area contributed by atoms with Crippen molar-refractivity contribution >= 4 is 11.8 Å². The minimum Gasteiger partial charge on any atom is -0.465 e. The molecule has 0 bridgehead atoms. The van der Waals surface area contributed by atoms with Gasteiger partial charge >= 0.3 is 5.97 Å². The highest BCUT2D eigenvalue weighted by atomic mass is 16.5. The SMILES string of the molecule is CCC(C)(C)C(=O)OCCC(=O)CC1(C)CCCC1. The molecular formula is C16H28O3. The van der Waals surface area contributed by atoms with Crippen LogP contribution in [-0.2, 0) is 14.3 Å². The molecule has 1 saturated carbocycles. The number of esters is 1. The molecule has 3 heteroatoms. The van der Waals surface area contributed by atoms with Crippen molar-refractivity contribution in [3.63, 3.8) is 0 Å². The predicted octanol–water partition coefficient (Wildman–Crippen LogP) is 3.90. The molecule has 0 amide bonds. The van der Waals surface area contributed by atoms with Crippen LogP contribution in [0, 0.1) is 10.8 Å². The lowest BCUT2D eigenvalue weighted by atomic mass is 9.83. The fourth-order valence-electron chi connectivity index (χ4n) is 2.57. The number of ether oxygens (including phenoxy) is 1. The third-order valence-electron chi connectivity index (χ3n) is 4.49. The molecular weight excluding hydrogens is 240 g/mol. The summed E-state index contributed by atoms with van der Waals surface area (Å²) in [4.78, 5) is 23.7. The van der Waals surface area contributed by atoms with Gasteiger partial charge in [-0.05, 0) is 38.5 Å². The van der Waals surface area contributed by atoms with E-state index in [0.29, 0.717) is 12.8 Å². The molecule has 1 aliphatic rings. The van der Waals surface area contributed by atoms with E-state index in [4.69, 9.17) is 4.74 Å². The Labute approximate surface area is 117 Å². The first-order valence-corrected chi connectivity index (χ1v) is 7.48. The van der Waals surface area contributed by atoms with Crippen LogP contribution >= 0.6 is 0 Å². The quantitative estimate of drug-likeness (QED) is 0.658. The van der Waals surface area contributed by atoms with E-state index in [0.717, 1.165) is 19.3 Å². The van der Waals surface area contributed by atoms with Gasteiger partial charge in [-0.3, -0.25) is 9.59 Å². The molecule has 110 valence electrons. The molecule has 0 radical (unpaired) electrons. The van der Waals surface area contributed by atoms with E-state index in [1.54, 1.807) is 0 Å². The molecule has 0 N–H and O–H groups in total. The number of carbonyl (C=O) groups excluding carboxylic acids is 2. The Morgan fingerprint density at radius 3 is 2.32 bits per heavy atom. The summed E-state index contributed by atoms with van der Waals surface area (Å²) in [5, 5.41) is 0. The van der Waals surface area contributed by atoms with Crippen molar-refractivity contribution in [2.75, 3.05) is 6.61 Å². The van der Waals surface area contributed by atoms with Gasteiger partial charge in [0.25, 0.3) is 0 Å². The highest BCUT2D eigenvalue weighted by Crippen LogP contribution is 2.40. The van der Waals surface area contributed by atoms with E-state index < -0.39 is 5.41 Å². The highest BCUT2D eigenvalue weighted by molar-refractivity contribution is 5.80. The van der Waals surface area contributed by atoms with Crippen LogP contribution in [0.5, 0.6) is 0 Å². The van der Waals surface area contributed by atoms with Crippen molar-refractivity contribution in [1.82, 2.24) is 0 Å². The molecule has 0 aromatic rings. The third-order valence-corrected chi connectivity index (χ3v) is 4.49. The van der Waals surface area contributed by atoms with E-state index in [1.165, 1.54) is 12.8 Å². The van der Waals surface area contributed by atoms with Gasteiger partial charge < -0.3 is 4.74 Å². The smallest absolute Gasteiger partial charge is 0.311 e. The number of ketones is 1. The number of hydrogen-bond donors (Lipinski definition) is 0. The van der Waals surface area contributed by atoms with Crippen LogP contribution in [-0.4, -0.2) is 18.4 Å². The molecule has 1 rings (SSSR count). The summed E-state index contributed by atoms with van der Waals surface area (Å²) < 4.78 is 5.21. The van der Waals surface area contributed by atoms with E-state index in [-0.39, 0.29) is 23.8 Å². The van der Waals surface area contributed by atoms with Crippen molar-refractivity contribution in [1.29, 1.82) is 0 Å². The number of hydrogen-bond acceptors (Lipinski definition) is 3. The van der Waals surface area contributed by atoms with Crippen molar-refractivity contribution in [3.05, 3.63) is 0 Å². The van der Waals surface area contributed by atoms with Gasteiger partial charge in [-0.1, -0.05) is 26.7 Å². The lowest BCUT2D eigenvalue weighted by molar-refractivity contribution is -0.154. The second-order valence-corrected chi connectivity index (χ2v) is 6.86. The van der Waals surface area contributed by atoms with Crippen molar-refractivity contribution in [3.8, 4) is 0 Å². The first-order chi connectivity index (χ1) is 8.79. The summed E-state index contributed by atoms with van der Waals surface area (Å²) in [5.41, 5.74) is -0.246. The Kier molecular flexibility index (Phi) is 5.57. The standard InChI is InChI=1S/C16H28O3/c1-5-15(2,3)14(18)19-11-8-13(17)12-16(4)9-6-7-10-16/h5-12H2,1-4H3. The minimum absolute atomic E-state index is 0.198. The molecule has 0 unspecified atom stereocenters. The number of carbonyl (C=O) groups is 2. The summed E-state index contributed by atoms with van der Waals surface area (Å²) in [6, 6.07) is 0. The van der Waals surface area contributed by atoms with Gasteiger partial charge in [-0.2, -0.15) is 0 Å². The van der Waals surface area contributed by atoms with Crippen LogP contribution < -0.4 is 0 Å². The maximum Gasteiger partial charge on any atom is 0.311 e. The molecule has 0 atom stereocenters. The van der Waals surface area contributed by atoms with E-state index in [1.807, 2.05) is 20.8 Å². The fourth-order valence-corrected chi connectivity index (χ4v) is 2.57. The largest absolute Gasteiger partial charge is 0.465 e. The van der Waals surface area contributed by atoms with Crippen LogP contribution in [0.4, 0.5) is 0 Å². The van der Waals surface area contributed by atoms with Gasteiger partial charge in [0.2, 0.25) is 0 Å². The lowest BCUT2D eigenvalue weighted by Crippen LogP contribution is -2.27. The van der Waals surface area contributed by atoms with Gasteiger partial charge in [0.05, 0.1) is 12.0 Å². The fraction of sp³-hybridized carbons (Fsp3) is 0.875. The average molecular weight is 268 g/mol. The predicted molar refractivity (Wildman–Crippen MR) is 75.8 cm³/mol. The number of Topliss-reactive ketones (excluding diaryl/α,β-unsaturated/α-hetero) is 1. The Hall–Kier alpha value is -0.860. The van der Waals surface area contributed by atoms with Crippen LogP contribution in [0.2, 0.25) is 0 Å². The second kappa shape index (κ2) is 6.53. The Morgan fingerprint density at radius 1 is 1.21 bits per heavy atom. The van der Waals surface area contributed by atoms with Gasteiger partial charge in [-0.15, -0.1) is 0 Å². The molecule has 0 aromatic heterocycles. The maximum absolute atomic E-state index is 11.9. The summed E-state index contributed by atoms with van der Waals surface area (Å²) in [5.74, 6) is 0.0291. The third kappa shape index (κ3) is 4.96. The molecule has 3 nitrogen and oxygen atoms in total. The molecule has 0 saturated heterocycles. The van der Waals surface area contributed by atoms with Crippen LogP contribution in [0.25, 0.3) is 0 Å². The molecule has 1 aliphatic carbocycles. The summed E-state index contributed by atoms with van der Waals surface area (Å²) in [7, 11) is 0. The average Bonchev–Trinajstić information content (AvgIpc) is 2.75. The molecule has 19 heavy (non-hydrogen) atoms. The Bertz CT molecular complexity index is 325. The van der Waals surface area contributed by atoms with Crippen LogP contribution in [0.1, 0.15) is 72.6 Å². The van der Waals surface area contributed by atoms with Crippen molar-refractivity contribution < 1.29 is 14.3 Å². The van der Waals surface area contributed by atoms with E-state index >= 15 is 0 Å². The zero-order chi connectivity index (χ0) is 14.5. The zero-order valence-electron chi connectivity index (χ0n) is 12.9. The summed E-state index contributed by atoms with van der Waals surface area (Å²) in [6.45, 7) is 8.14. The van der Waals surface area contributed by atoms with Crippen LogP contribution in [0.3, 0.4) is 0 Å². The molecule has 1 fully saturated rings. The topological polar surface area (TPSA) is 43.4 Å². The molecule has 0 heterocycles. The van der Waals surface area contributed by atoms with Gasteiger partial charge in [0.15, 0.2) is 0 Å². The summed E-state index contributed by atoms with van der Waals surface area (Å²) in [6.07, 6.45) is 6.54. The van der Waals surface area contributed by atoms with Crippen molar-refractivity contribution in [2.45, 2.75) is 72.6 Å². The Balaban J connectivity index is 2.26. The normalized spacial score (nSPS) is 18.3. The number of rotatable bonds is 7. The monoisotopic (exact) mass is 268 g/mol. The first-order valence-electron chi connectivity index (χ1n) is 7.48. The minimum atomic E-state index is -0.444. The van der Waals surface area contributed by atoms with E-state index in [2.05, 4.69) is 6.92 Å². The zero-order valence-corrected chi connectivity index (χ0v) is 12.9. The molecule has 0 aliphatic heterocycles. The maximum atomic E-state index is 11.9. The first kappa shape index (κ1) is 16.2. The van der Waals surface area contributed by atoms with Crippen molar-refractivity contribution in [2.24, 2.45) is 10.8 Å². The Morgan fingerprint density at radius 2 is 1.79 bits per heavy atom. The van der Waals surface area contributed by atoms with Crippen LogP contribution in [0.15, 0.2) is 0 Å². The highest BCUT2D eigenvalue weighted by Gasteiger charge is 2.31. The van der Waals surface area contributed by atoms with Gasteiger partial charge in [-0.25, -0.2) is 0 Å². The van der Waals surface area contributed by atoms with Gasteiger partial charge in [0.1, 0.15) is 5.78 Å².